The van der Waals surface area contributed by atoms with E-state index in [2.05, 4.69) is 20.8 Å². The van der Waals surface area contributed by atoms with Crippen LogP contribution in [0.1, 0.15) is 284 Å². The molecule has 2 atom stereocenters. The van der Waals surface area contributed by atoms with E-state index in [9.17, 15) is 19.5 Å². The van der Waals surface area contributed by atoms with E-state index in [1.807, 2.05) is 0 Å². The lowest BCUT2D eigenvalue weighted by molar-refractivity contribution is -0.161. The number of carbonyl (C=O) groups excluding carboxylic acids is 3. The molecule has 0 rings (SSSR count). The lowest BCUT2D eigenvalue weighted by Crippen LogP contribution is -2.28. The van der Waals surface area contributed by atoms with Crippen molar-refractivity contribution in [3.8, 4) is 0 Å². The normalized spacial score (nSPS) is 12.5. The summed E-state index contributed by atoms with van der Waals surface area (Å²) in [5.74, 6) is 0.0422. The number of carbonyl (C=O) groups is 3. The molecule has 0 fully saturated rings. The van der Waals surface area contributed by atoms with Gasteiger partial charge >= 0.3 is 11.9 Å². The molecule has 1 N–H and O–H groups in total. The molecule has 338 valence electrons. The van der Waals surface area contributed by atoms with Gasteiger partial charge in [-0.3, -0.25) is 14.4 Å². The number of hydrogen-bond donors (Lipinski definition) is 1. The molecule has 0 aliphatic carbocycles. The third kappa shape index (κ3) is 41.1. The van der Waals surface area contributed by atoms with Gasteiger partial charge < -0.3 is 14.6 Å². The molecule has 57 heavy (non-hydrogen) atoms. The third-order valence-electron chi connectivity index (χ3n) is 12.0. The second-order valence-corrected chi connectivity index (χ2v) is 17.6. The minimum Gasteiger partial charge on any atom is -0.462 e. The highest BCUT2D eigenvalue weighted by atomic mass is 16.6. The maximum absolute atomic E-state index is 13.3. The molecular formula is C51H98O6. The van der Waals surface area contributed by atoms with E-state index in [4.69, 9.17) is 9.47 Å². The average Bonchev–Trinajstić information content (AvgIpc) is 3.21. The Morgan fingerprint density at radius 3 is 1.04 bits per heavy atom. The Kier molecular flexibility index (Phi) is 44.5. The molecule has 0 amide bonds. The Balaban J connectivity index is 4.11. The van der Waals surface area contributed by atoms with E-state index in [1.165, 1.54) is 173 Å². The van der Waals surface area contributed by atoms with Crippen molar-refractivity contribution < 1.29 is 29.0 Å². The lowest BCUT2D eigenvalue weighted by atomic mass is 9.88. The van der Waals surface area contributed by atoms with Crippen molar-refractivity contribution in [1.29, 1.82) is 0 Å². The van der Waals surface area contributed by atoms with E-state index in [-0.39, 0.29) is 31.1 Å². The number of unbranched alkanes of at least 4 members (excludes halogenated alkanes) is 32. The van der Waals surface area contributed by atoms with Crippen LogP contribution in [0, 0.1) is 5.92 Å². The van der Waals surface area contributed by atoms with E-state index in [0.29, 0.717) is 18.6 Å². The predicted octanol–water partition coefficient (Wildman–Crippen LogP) is 15.7. The first-order valence-electron chi connectivity index (χ1n) is 25.5. The Hall–Kier alpha value is -1.43. The first kappa shape index (κ1) is 55.6. The Morgan fingerprint density at radius 1 is 0.386 bits per heavy atom. The van der Waals surface area contributed by atoms with Gasteiger partial charge in [0.2, 0.25) is 0 Å². The lowest BCUT2D eigenvalue weighted by Gasteiger charge is -2.16. The Bertz CT molecular complexity index is 859. The SMILES string of the molecule is CCCCCCCCCCCCCCCC(=O)OC(CO)COC(=O)CCCCCCC(CCCCCCCC)C(=O)CCCCCCCCCCCCCCC. The van der Waals surface area contributed by atoms with Crippen molar-refractivity contribution in [2.45, 2.75) is 290 Å². The number of aliphatic hydroxyl groups is 1. The Labute approximate surface area is 354 Å². The van der Waals surface area contributed by atoms with Crippen LogP contribution in [0.5, 0.6) is 0 Å². The minimum absolute atomic E-state index is 0.0961. The summed E-state index contributed by atoms with van der Waals surface area (Å²) in [7, 11) is 0. The molecule has 0 heterocycles. The fraction of sp³-hybridized carbons (Fsp3) is 0.941. The van der Waals surface area contributed by atoms with Crippen LogP contribution in [0.25, 0.3) is 0 Å². The molecule has 0 aromatic rings. The smallest absolute Gasteiger partial charge is 0.306 e. The number of hydrogen-bond acceptors (Lipinski definition) is 6. The van der Waals surface area contributed by atoms with E-state index in [0.717, 1.165) is 77.0 Å². The standard InChI is InChI=1S/C51H98O6/c1-4-7-10-13-16-18-20-22-24-26-28-31-37-42-49(53)47(40-35-30-15-12-9-6-3)41-36-33-34-38-43-50(54)56-46-48(45-52)57-51(55)44-39-32-29-27-25-23-21-19-17-14-11-8-5-2/h47-48,52H,4-46H2,1-3H3. The number of esters is 2. The van der Waals surface area contributed by atoms with Gasteiger partial charge in [-0.15, -0.1) is 0 Å². The summed E-state index contributed by atoms with van der Waals surface area (Å²) in [6.45, 7) is 6.34. The molecule has 0 aliphatic heterocycles. The minimum atomic E-state index is -0.802. The van der Waals surface area contributed by atoms with Gasteiger partial charge in [0.15, 0.2) is 6.10 Å². The van der Waals surface area contributed by atoms with E-state index < -0.39 is 6.10 Å². The maximum atomic E-state index is 13.3. The number of ether oxygens (including phenoxy) is 2. The molecule has 0 bridgehead atoms. The van der Waals surface area contributed by atoms with Gasteiger partial charge in [-0.25, -0.2) is 0 Å². The monoisotopic (exact) mass is 807 g/mol. The quantitative estimate of drug-likeness (QED) is 0.0486. The molecule has 0 aromatic carbocycles. The van der Waals surface area contributed by atoms with Crippen LogP contribution in [-0.4, -0.2) is 42.1 Å². The molecular weight excluding hydrogens is 709 g/mol. The van der Waals surface area contributed by atoms with Crippen molar-refractivity contribution in [3.05, 3.63) is 0 Å². The highest BCUT2D eigenvalue weighted by Crippen LogP contribution is 2.23. The van der Waals surface area contributed by atoms with Gasteiger partial charge in [0.25, 0.3) is 0 Å². The van der Waals surface area contributed by atoms with Crippen molar-refractivity contribution in [2.24, 2.45) is 5.92 Å². The Morgan fingerprint density at radius 2 is 0.684 bits per heavy atom. The first-order chi connectivity index (χ1) is 28.0. The summed E-state index contributed by atoms with van der Waals surface area (Å²) in [4.78, 5) is 38.0. The molecule has 0 aliphatic rings. The topological polar surface area (TPSA) is 89.9 Å². The third-order valence-corrected chi connectivity index (χ3v) is 12.0. The number of rotatable bonds is 47. The van der Waals surface area contributed by atoms with Crippen molar-refractivity contribution in [1.82, 2.24) is 0 Å². The van der Waals surface area contributed by atoms with Gasteiger partial charge in [0.1, 0.15) is 12.4 Å². The van der Waals surface area contributed by atoms with Gasteiger partial charge in [0.05, 0.1) is 6.61 Å². The fourth-order valence-electron chi connectivity index (χ4n) is 8.09. The van der Waals surface area contributed by atoms with Crippen molar-refractivity contribution in [3.63, 3.8) is 0 Å². The zero-order valence-electron chi connectivity index (χ0n) is 38.5. The van der Waals surface area contributed by atoms with Crippen LogP contribution in [0.4, 0.5) is 0 Å². The van der Waals surface area contributed by atoms with Crippen LogP contribution in [0.2, 0.25) is 0 Å². The van der Waals surface area contributed by atoms with Crippen LogP contribution in [-0.2, 0) is 23.9 Å². The molecule has 0 saturated heterocycles. The average molecular weight is 807 g/mol. The van der Waals surface area contributed by atoms with E-state index >= 15 is 0 Å². The fourth-order valence-corrected chi connectivity index (χ4v) is 8.09. The summed E-state index contributed by atoms with van der Waals surface area (Å²) in [5, 5.41) is 9.68. The maximum Gasteiger partial charge on any atom is 0.306 e. The molecule has 0 aromatic heterocycles. The van der Waals surface area contributed by atoms with Crippen LogP contribution in [0.15, 0.2) is 0 Å². The number of ketones is 1. The number of Topliss-reactive ketones (excluding diaryl/α,β-unsaturated/α-hetero) is 1. The molecule has 6 heteroatoms. The highest BCUT2D eigenvalue weighted by molar-refractivity contribution is 5.80. The van der Waals surface area contributed by atoms with Gasteiger partial charge in [0, 0.05) is 25.2 Å². The summed E-state index contributed by atoms with van der Waals surface area (Å²) in [6.07, 6.45) is 47.4. The zero-order valence-corrected chi connectivity index (χ0v) is 38.5. The molecule has 0 spiro atoms. The summed E-state index contributed by atoms with van der Waals surface area (Å²) < 4.78 is 10.7. The summed E-state index contributed by atoms with van der Waals surface area (Å²) >= 11 is 0. The predicted molar refractivity (Wildman–Crippen MR) is 243 cm³/mol. The summed E-state index contributed by atoms with van der Waals surface area (Å²) in [6, 6.07) is 0. The highest BCUT2D eigenvalue weighted by Gasteiger charge is 2.18. The van der Waals surface area contributed by atoms with Gasteiger partial charge in [-0.1, -0.05) is 233 Å². The second-order valence-electron chi connectivity index (χ2n) is 17.6. The largest absolute Gasteiger partial charge is 0.462 e. The van der Waals surface area contributed by atoms with Gasteiger partial charge in [-0.2, -0.15) is 0 Å². The van der Waals surface area contributed by atoms with Gasteiger partial charge in [-0.05, 0) is 32.1 Å². The second kappa shape index (κ2) is 45.7. The van der Waals surface area contributed by atoms with Crippen LogP contribution in [0.3, 0.4) is 0 Å². The number of aliphatic hydroxyl groups excluding tert-OH is 1. The zero-order chi connectivity index (χ0) is 41.7. The molecule has 0 radical (unpaired) electrons. The van der Waals surface area contributed by atoms with Crippen molar-refractivity contribution >= 4 is 17.7 Å². The van der Waals surface area contributed by atoms with Crippen LogP contribution < -0.4 is 0 Å². The first-order valence-corrected chi connectivity index (χ1v) is 25.5. The summed E-state index contributed by atoms with van der Waals surface area (Å²) in [5.41, 5.74) is 0. The molecule has 6 nitrogen and oxygen atoms in total. The van der Waals surface area contributed by atoms with E-state index in [1.54, 1.807) is 0 Å². The van der Waals surface area contributed by atoms with Crippen molar-refractivity contribution in [2.75, 3.05) is 13.2 Å². The molecule has 2 unspecified atom stereocenters. The van der Waals surface area contributed by atoms with Crippen LogP contribution >= 0.6 is 0 Å². The molecule has 0 saturated carbocycles.